The maximum absolute atomic E-state index is 6.06. The lowest BCUT2D eigenvalue weighted by atomic mass is 10.1. The normalized spacial score (nSPS) is 22.0. The number of nitrogens with zero attached hydrogens (tertiary/aromatic N) is 2. The first-order valence-corrected chi connectivity index (χ1v) is 8.58. The Morgan fingerprint density at radius 1 is 0.909 bits per heavy atom. The molecule has 0 N–H and O–H groups in total. The lowest BCUT2D eigenvalue weighted by Gasteiger charge is -2.34. The molecular formula is C18H28N2O2. The lowest BCUT2D eigenvalue weighted by Crippen LogP contribution is -2.44. The van der Waals surface area contributed by atoms with Gasteiger partial charge < -0.3 is 14.4 Å². The van der Waals surface area contributed by atoms with Gasteiger partial charge in [0.25, 0.3) is 0 Å². The van der Waals surface area contributed by atoms with Crippen molar-refractivity contribution in [3.05, 3.63) is 35.9 Å². The van der Waals surface area contributed by atoms with Gasteiger partial charge in [-0.25, -0.2) is 0 Å². The van der Waals surface area contributed by atoms with Crippen molar-refractivity contribution in [2.75, 3.05) is 52.5 Å². The number of rotatable bonds is 6. The minimum atomic E-state index is 0.430. The van der Waals surface area contributed by atoms with Gasteiger partial charge in [-0.15, -0.1) is 0 Å². The van der Waals surface area contributed by atoms with Crippen LogP contribution in [-0.2, 0) is 16.1 Å². The fraction of sp³-hybridized carbons (Fsp3) is 0.667. The molecule has 0 spiro atoms. The van der Waals surface area contributed by atoms with Crippen LogP contribution < -0.4 is 0 Å². The average Bonchev–Trinajstić information content (AvgIpc) is 2.61. The van der Waals surface area contributed by atoms with E-state index in [0.29, 0.717) is 6.10 Å². The Morgan fingerprint density at radius 2 is 1.55 bits per heavy atom. The molecule has 4 heteroatoms. The van der Waals surface area contributed by atoms with E-state index in [2.05, 4.69) is 40.1 Å². The van der Waals surface area contributed by atoms with Crippen LogP contribution in [0.15, 0.2) is 30.3 Å². The standard InChI is InChI=1S/C18H28N2O2/c1-2-4-17(5-3-1)16-22-18-6-8-19(9-7-18)10-11-20-12-14-21-15-13-20/h1-5,18H,6-16H2. The van der Waals surface area contributed by atoms with E-state index in [-0.39, 0.29) is 0 Å². The van der Waals surface area contributed by atoms with Gasteiger partial charge in [0.2, 0.25) is 0 Å². The molecule has 2 heterocycles. The van der Waals surface area contributed by atoms with Crippen molar-refractivity contribution in [3.8, 4) is 0 Å². The number of benzene rings is 1. The first kappa shape index (κ1) is 15.9. The molecule has 2 saturated heterocycles. The van der Waals surface area contributed by atoms with Crippen molar-refractivity contribution in [2.24, 2.45) is 0 Å². The first-order valence-electron chi connectivity index (χ1n) is 8.58. The summed E-state index contributed by atoms with van der Waals surface area (Å²) in [6.45, 7) is 9.44. The van der Waals surface area contributed by atoms with Crippen LogP contribution in [0.2, 0.25) is 0 Å². The van der Waals surface area contributed by atoms with Crippen molar-refractivity contribution < 1.29 is 9.47 Å². The van der Waals surface area contributed by atoms with Crippen LogP contribution in [0, 0.1) is 0 Å². The van der Waals surface area contributed by atoms with Gasteiger partial charge in [0, 0.05) is 39.3 Å². The van der Waals surface area contributed by atoms with Crippen molar-refractivity contribution in [3.63, 3.8) is 0 Å². The Bertz CT molecular complexity index is 412. The summed E-state index contributed by atoms with van der Waals surface area (Å²) in [6, 6.07) is 10.5. The van der Waals surface area contributed by atoms with Gasteiger partial charge in [-0.05, 0) is 18.4 Å². The molecule has 1 aromatic rings. The van der Waals surface area contributed by atoms with Crippen LogP contribution in [0.1, 0.15) is 18.4 Å². The zero-order valence-electron chi connectivity index (χ0n) is 13.5. The summed E-state index contributed by atoms with van der Waals surface area (Å²) in [6.07, 6.45) is 2.76. The molecule has 2 aliphatic heterocycles. The monoisotopic (exact) mass is 304 g/mol. The van der Waals surface area contributed by atoms with E-state index < -0.39 is 0 Å². The second-order valence-corrected chi connectivity index (χ2v) is 6.29. The summed E-state index contributed by atoms with van der Waals surface area (Å²) < 4.78 is 11.5. The third-order valence-electron chi connectivity index (χ3n) is 4.70. The van der Waals surface area contributed by atoms with Gasteiger partial charge in [-0.2, -0.15) is 0 Å². The van der Waals surface area contributed by atoms with Crippen LogP contribution in [0.25, 0.3) is 0 Å². The van der Waals surface area contributed by atoms with Crippen LogP contribution >= 0.6 is 0 Å². The van der Waals surface area contributed by atoms with E-state index in [9.17, 15) is 0 Å². The van der Waals surface area contributed by atoms with Gasteiger partial charge in [-0.3, -0.25) is 4.90 Å². The summed E-state index contributed by atoms with van der Waals surface area (Å²) >= 11 is 0. The van der Waals surface area contributed by atoms with E-state index in [1.807, 2.05) is 0 Å². The molecule has 4 nitrogen and oxygen atoms in total. The number of ether oxygens (including phenoxy) is 2. The van der Waals surface area contributed by atoms with E-state index in [0.717, 1.165) is 45.8 Å². The maximum Gasteiger partial charge on any atom is 0.0720 e. The van der Waals surface area contributed by atoms with Gasteiger partial charge in [-0.1, -0.05) is 30.3 Å². The third-order valence-corrected chi connectivity index (χ3v) is 4.70. The minimum Gasteiger partial charge on any atom is -0.379 e. The van der Waals surface area contributed by atoms with Crippen LogP contribution in [0.3, 0.4) is 0 Å². The molecule has 0 aliphatic carbocycles. The second kappa shape index (κ2) is 8.63. The molecule has 0 radical (unpaired) electrons. The first-order chi connectivity index (χ1) is 10.9. The third kappa shape index (κ3) is 5.06. The molecule has 122 valence electrons. The molecule has 22 heavy (non-hydrogen) atoms. The van der Waals surface area contributed by atoms with Gasteiger partial charge in [0.1, 0.15) is 0 Å². The topological polar surface area (TPSA) is 24.9 Å². The largest absolute Gasteiger partial charge is 0.379 e. The molecular weight excluding hydrogens is 276 g/mol. The van der Waals surface area contributed by atoms with Crippen molar-refractivity contribution in [1.29, 1.82) is 0 Å². The molecule has 0 aromatic heterocycles. The molecule has 0 unspecified atom stereocenters. The molecule has 0 amide bonds. The Labute approximate surface area is 134 Å². The highest BCUT2D eigenvalue weighted by atomic mass is 16.5. The maximum atomic E-state index is 6.06. The fourth-order valence-electron chi connectivity index (χ4n) is 3.20. The Hall–Kier alpha value is -0.940. The van der Waals surface area contributed by atoms with Crippen LogP contribution in [0.4, 0.5) is 0 Å². The summed E-state index contributed by atoms with van der Waals surface area (Å²) in [5.41, 5.74) is 1.28. The molecule has 1 aromatic carbocycles. The number of piperidine rings is 1. The summed E-state index contributed by atoms with van der Waals surface area (Å²) in [5, 5.41) is 0. The van der Waals surface area contributed by atoms with E-state index in [4.69, 9.17) is 9.47 Å². The van der Waals surface area contributed by atoms with Crippen molar-refractivity contribution >= 4 is 0 Å². The fourth-order valence-corrected chi connectivity index (χ4v) is 3.20. The highest BCUT2D eigenvalue weighted by Gasteiger charge is 2.20. The van der Waals surface area contributed by atoms with Gasteiger partial charge in [0.15, 0.2) is 0 Å². The molecule has 3 rings (SSSR count). The minimum absolute atomic E-state index is 0.430. The van der Waals surface area contributed by atoms with E-state index in [1.54, 1.807) is 0 Å². The zero-order valence-corrected chi connectivity index (χ0v) is 13.5. The highest BCUT2D eigenvalue weighted by molar-refractivity contribution is 5.13. The Balaban J connectivity index is 1.30. The molecule has 0 atom stereocenters. The summed E-state index contributed by atoms with van der Waals surface area (Å²) in [5.74, 6) is 0. The predicted molar refractivity (Wildman–Crippen MR) is 88.0 cm³/mol. The van der Waals surface area contributed by atoms with Crippen LogP contribution in [-0.4, -0.2) is 68.4 Å². The SMILES string of the molecule is c1ccc(COC2CCN(CCN3CCOCC3)CC2)cc1. The highest BCUT2D eigenvalue weighted by Crippen LogP contribution is 2.15. The van der Waals surface area contributed by atoms with Crippen LogP contribution in [0.5, 0.6) is 0 Å². The number of hydrogen-bond donors (Lipinski definition) is 0. The molecule has 2 fully saturated rings. The summed E-state index contributed by atoms with van der Waals surface area (Å²) in [7, 11) is 0. The Kier molecular flexibility index (Phi) is 6.25. The van der Waals surface area contributed by atoms with Gasteiger partial charge in [0.05, 0.1) is 25.9 Å². The quantitative estimate of drug-likeness (QED) is 0.802. The lowest BCUT2D eigenvalue weighted by molar-refractivity contribution is -0.00756. The average molecular weight is 304 g/mol. The Morgan fingerprint density at radius 3 is 2.23 bits per heavy atom. The zero-order chi connectivity index (χ0) is 15.0. The smallest absolute Gasteiger partial charge is 0.0720 e. The van der Waals surface area contributed by atoms with Crippen molar-refractivity contribution in [2.45, 2.75) is 25.6 Å². The molecule has 0 saturated carbocycles. The molecule has 0 bridgehead atoms. The summed E-state index contributed by atoms with van der Waals surface area (Å²) in [4.78, 5) is 5.10. The van der Waals surface area contributed by atoms with E-state index >= 15 is 0 Å². The molecule has 2 aliphatic rings. The number of hydrogen-bond acceptors (Lipinski definition) is 4. The predicted octanol–water partition coefficient (Wildman–Crippen LogP) is 2.00. The van der Waals surface area contributed by atoms with Crippen molar-refractivity contribution in [1.82, 2.24) is 9.80 Å². The number of likely N-dealkylation sites (tertiary alicyclic amines) is 1. The van der Waals surface area contributed by atoms with Gasteiger partial charge >= 0.3 is 0 Å². The number of morpholine rings is 1. The van der Waals surface area contributed by atoms with E-state index in [1.165, 1.54) is 31.7 Å². The second-order valence-electron chi connectivity index (χ2n) is 6.29.